The topological polar surface area (TPSA) is 114 Å². The Kier molecular flexibility index (Phi) is 4.20. The number of thioether (sulfide) groups is 1. The molecule has 0 aromatic carbocycles. The number of hydrogen-bond donors (Lipinski definition) is 2. The minimum absolute atomic E-state index is 0.000972. The summed E-state index contributed by atoms with van der Waals surface area (Å²) in [4.78, 5) is 24.2. The van der Waals surface area contributed by atoms with Crippen molar-refractivity contribution in [3.8, 4) is 0 Å². The molecule has 0 fully saturated rings. The average molecular weight is 244 g/mol. The Hall–Kier alpha value is -1.67. The van der Waals surface area contributed by atoms with E-state index in [1.54, 1.807) is 0 Å². The molecule has 8 heteroatoms. The first-order valence-corrected chi connectivity index (χ1v) is 5.17. The van der Waals surface area contributed by atoms with E-state index in [9.17, 15) is 14.9 Å². The van der Waals surface area contributed by atoms with E-state index in [1.807, 2.05) is 0 Å². The normalized spacial score (nSPS) is 10.1. The van der Waals surface area contributed by atoms with Crippen molar-refractivity contribution >= 4 is 23.4 Å². The minimum atomic E-state index is -1.25. The van der Waals surface area contributed by atoms with Gasteiger partial charge in [0.2, 0.25) is 0 Å². The Labute approximate surface area is 94.3 Å². The van der Waals surface area contributed by atoms with Crippen LogP contribution in [0.2, 0.25) is 0 Å². The summed E-state index contributed by atoms with van der Waals surface area (Å²) < 4.78 is 0. The third-order valence-electron chi connectivity index (χ3n) is 1.59. The van der Waals surface area contributed by atoms with Gasteiger partial charge in [-0.2, -0.15) is 0 Å². The molecule has 0 atom stereocenters. The summed E-state index contributed by atoms with van der Waals surface area (Å²) in [5.41, 5.74) is -0.519. The second-order valence-electron chi connectivity index (χ2n) is 2.66. The highest BCUT2D eigenvalue weighted by atomic mass is 32.2. The molecular formula is C8H8N2O5S. The number of pyridine rings is 1. The lowest BCUT2D eigenvalue weighted by Crippen LogP contribution is -2.03. The van der Waals surface area contributed by atoms with Gasteiger partial charge in [0, 0.05) is 11.8 Å². The molecule has 0 radical (unpaired) electrons. The Morgan fingerprint density at radius 2 is 2.25 bits per heavy atom. The van der Waals surface area contributed by atoms with Crippen molar-refractivity contribution < 1.29 is 19.9 Å². The third-order valence-corrected chi connectivity index (χ3v) is 2.55. The van der Waals surface area contributed by atoms with Crippen LogP contribution >= 0.6 is 11.8 Å². The predicted octanol–water partition coefficient (Wildman–Crippen LogP) is 0.772. The highest BCUT2D eigenvalue weighted by Gasteiger charge is 2.18. The fourth-order valence-electron chi connectivity index (χ4n) is 0.940. The van der Waals surface area contributed by atoms with Gasteiger partial charge in [-0.15, -0.1) is 0 Å². The Balaban J connectivity index is 3.10. The Morgan fingerprint density at radius 1 is 1.56 bits per heavy atom. The molecule has 16 heavy (non-hydrogen) atoms. The van der Waals surface area contributed by atoms with E-state index < -0.39 is 10.9 Å². The largest absolute Gasteiger partial charge is 0.477 e. The smallest absolute Gasteiger partial charge is 0.354 e. The van der Waals surface area contributed by atoms with E-state index in [1.165, 1.54) is 0 Å². The van der Waals surface area contributed by atoms with Gasteiger partial charge in [-0.1, -0.05) is 11.8 Å². The zero-order valence-corrected chi connectivity index (χ0v) is 8.81. The van der Waals surface area contributed by atoms with Gasteiger partial charge in [0.05, 0.1) is 11.5 Å². The zero-order chi connectivity index (χ0) is 12.1. The van der Waals surface area contributed by atoms with Gasteiger partial charge in [-0.05, 0) is 6.07 Å². The summed E-state index contributed by atoms with van der Waals surface area (Å²) in [5, 5.41) is 27.9. The number of aliphatic hydroxyl groups excluding tert-OH is 1. The summed E-state index contributed by atoms with van der Waals surface area (Å²) in [6.07, 6.45) is 0. The van der Waals surface area contributed by atoms with E-state index in [0.29, 0.717) is 0 Å². The zero-order valence-electron chi connectivity index (χ0n) is 7.99. The molecule has 0 saturated carbocycles. The Bertz CT molecular complexity index is 423. The van der Waals surface area contributed by atoms with Crippen molar-refractivity contribution in [3.63, 3.8) is 0 Å². The molecule has 2 N–H and O–H groups in total. The number of nitrogens with zero attached hydrogens (tertiary/aromatic N) is 2. The number of hydrogen-bond acceptors (Lipinski definition) is 6. The van der Waals surface area contributed by atoms with Crippen LogP contribution in [0, 0.1) is 10.1 Å². The van der Waals surface area contributed by atoms with E-state index in [2.05, 4.69) is 4.98 Å². The quantitative estimate of drug-likeness (QED) is 0.446. The summed E-state index contributed by atoms with van der Waals surface area (Å²) >= 11 is 0.941. The number of aromatic carboxylic acids is 1. The molecule has 0 aliphatic carbocycles. The van der Waals surface area contributed by atoms with Gasteiger partial charge in [0.15, 0.2) is 5.03 Å². The second kappa shape index (κ2) is 5.42. The number of nitro groups is 1. The fourth-order valence-corrected chi connectivity index (χ4v) is 1.68. The van der Waals surface area contributed by atoms with Crippen molar-refractivity contribution in [2.75, 3.05) is 12.4 Å². The van der Waals surface area contributed by atoms with E-state index in [4.69, 9.17) is 10.2 Å². The number of aromatic nitrogens is 1. The molecule has 1 heterocycles. The molecular weight excluding hydrogens is 236 g/mol. The van der Waals surface area contributed by atoms with Crippen LogP contribution < -0.4 is 0 Å². The van der Waals surface area contributed by atoms with Crippen LogP contribution in [0.5, 0.6) is 0 Å². The summed E-state index contributed by atoms with van der Waals surface area (Å²) in [6, 6.07) is 2.17. The lowest BCUT2D eigenvalue weighted by molar-refractivity contribution is -0.388. The number of aliphatic hydroxyl groups is 1. The fraction of sp³-hybridized carbons (Fsp3) is 0.250. The molecule has 0 spiro atoms. The molecule has 0 amide bonds. The van der Waals surface area contributed by atoms with Crippen molar-refractivity contribution in [3.05, 3.63) is 27.9 Å². The lowest BCUT2D eigenvalue weighted by atomic mass is 10.3. The maximum absolute atomic E-state index is 10.6. The lowest BCUT2D eigenvalue weighted by Gasteiger charge is -2.01. The number of rotatable bonds is 5. The first-order chi connectivity index (χ1) is 7.56. The minimum Gasteiger partial charge on any atom is -0.477 e. The van der Waals surface area contributed by atoms with Gasteiger partial charge in [0.25, 0.3) is 0 Å². The van der Waals surface area contributed by atoms with E-state index >= 15 is 0 Å². The van der Waals surface area contributed by atoms with Gasteiger partial charge in [-0.25, -0.2) is 9.78 Å². The molecule has 7 nitrogen and oxygen atoms in total. The highest BCUT2D eigenvalue weighted by Crippen LogP contribution is 2.26. The molecule has 0 unspecified atom stereocenters. The number of carbonyl (C=O) groups is 1. The van der Waals surface area contributed by atoms with Gasteiger partial charge < -0.3 is 10.2 Å². The maximum atomic E-state index is 10.6. The van der Waals surface area contributed by atoms with Crippen molar-refractivity contribution in [1.82, 2.24) is 4.98 Å². The second-order valence-corrected chi connectivity index (χ2v) is 3.74. The molecule has 86 valence electrons. The van der Waals surface area contributed by atoms with Crippen LogP contribution in [0.4, 0.5) is 5.69 Å². The molecule has 0 saturated heterocycles. The number of carboxylic acid groups (broad SMARTS) is 1. The summed E-state index contributed by atoms with van der Waals surface area (Å²) in [6.45, 7) is -0.166. The van der Waals surface area contributed by atoms with Crippen LogP contribution in [0.15, 0.2) is 17.2 Å². The number of carboxylic acids is 1. The predicted molar refractivity (Wildman–Crippen MR) is 55.7 cm³/mol. The van der Waals surface area contributed by atoms with E-state index in [-0.39, 0.29) is 28.8 Å². The molecule has 0 bridgehead atoms. The van der Waals surface area contributed by atoms with Crippen LogP contribution in [-0.4, -0.2) is 38.4 Å². The molecule has 1 rings (SSSR count). The van der Waals surface area contributed by atoms with E-state index in [0.717, 1.165) is 23.9 Å². The average Bonchev–Trinajstić information content (AvgIpc) is 2.25. The maximum Gasteiger partial charge on any atom is 0.354 e. The highest BCUT2D eigenvalue weighted by molar-refractivity contribution is 7.99. The van der Waals surface area contributed by atoms with Gasteiger partial charge in [-0.3, -0.25) is 10.1 Å². The van der Waals surface area contributed by atoms with Gasteiger partial charge >= 0.3 is 11.7 Å². The van der Waals surface area contributed by atoms with Crippen LogP contribution in [0.3, 0.4) is 0 Å². The standard InChI is InChI=1S/C8H8N2O5S/c11-3-4-16-7-6(10(14)15)2-1-5(9-7)8(12)13/h1-2,11H,3-4H2,(H,12,13). The van der Waals surface area contributed by atoms with Crippen molar-refractivity contribution in [2.45, 2.75) is 5.03 Å². The SMILES string of the molecule is O=C(O)c1ccc([N+](=O)[O-])c(SCCO)n1. The molecule has 0 aliphatic rings. The van der Waals surface area contributed by atoms with Crippen LogP contribution in [-0.2, 0) is 0 Å². The van der Waals surface area contributed by atoms with Crippen LogP contribution in [0.25, 0.3) is 0 Å². The first kappa shape index (κ1) is 12.4. The van der Waals surface area contributed by atoms with Gasteiger partial charge in [0.1, 0.15) is 5.69 Å². The molecule has 1 aromatic heterocycles. The van der Waals surface area contributed by atoms with Crippen LogP contribution in [0.1, 0.15) is 10.5 Å². The first-order valence-electron chi connectivity index (χ1n) is 4.18. The Morgan fingerprint density at radius 3 is 2.75 bits per heavy atom. The molecule has 1 aromatic rings. The summed E-state index contributed by atoms with van der Waals surface area (Å²) in [5.74, 6) is -1.03. The monoisotopic (exact) mass is 244 g/mol. The molecule has 0 aliphatic heterocycles. The summed E-state index contributed by atoms with van der Waals surface area (Å²) in [7, 11) is 0. The van der Waals surface area contributed by atoms with Crippen molar-refractivity contribution in [2.24, 2.45) is 0 Å². The van der Waals surface area contributed by atoms with Crippen molar-refractivity contribution in [1.29, 1.82) is 0 Å². The third kappa shape index (κ3) is 2.91.